The van der Waals surface area contributed by atoms with Crippen molar-refractivity contribution in [1.82, 2.24) is 44.6 Å². The van der Waals surface area contributed by atoms with Crippen LogP contribution in [-0.2, 0) is 0 Å². The number of hydrogen-bond donors (Lipinski definition) is 3. The molecule has 0 amide bonds. The number of fused-ring (bicyclic) bond motifs is 2. The fourth-order valence-corrected chi connectivity index (χ4v) is 4.32. The van der Waals surface area contributed by atoms with Gasteiger partial charge < -0.3 is 20.2 Å². The van der Waals surface area contributed by atoms with Gasteiger partial charge in [-0.15, -0.1) is 0 Å². The van der Waals surface area contributed by atoms with Crippen LogP contribution in [0.15, 0.2) is 60.6 Å². The Labute approximate surface area is 206 Å². The van der Waals surface area contributed by atoms with E-state index in [0.29, 0.717) is 22.7 Å². The molecule has 1 saturated heterocycles. The number of pyridine rings is 2. The van der Waals surface area contributed by atoms with Crippen LogP contribution in [0.25, 0.3) is 45.1 Å². The number of aryl methyl sites for hydroxylation is 1. The molecular weight excluding hydrogens is 454 g/mol. The van der Waals surface area contributed by atoms with Gasteiger partial charge in [0, 0.05) is 31.5 Å². The number of nitrogens with one attached hydrogen (secondary N) is 2. The van der Waals surface area contributed by atoms with Gasteiger partial charge in [0.05, 0.1) is 34.6 Å². The van der Waals surface area contributed by atoms with E-state index in [1.807, 2.05) is 48.9 Å². The van der Waals surface area contributed by atoms with Crippen molar-refractivity contribution in [2.45, 2.75) is 19.9 Å². The summed E-state index contributed by atoms with van der Waals surface area (Å²) in [6, 6.07) is 5.96. The maximum Gasteiger partial charge on any atom is 0.180 e. The minimum absolute atomic E-state index is 0.170. The topological polar surface area (TPSA) is 143 Å². The number of nitrogens with two attached hydrogens (primary N) is 1. The van der Waals surface area contributed by atoms with E-state index in [1.165, 1.54) is 0 Å². The molecule has 0 bridgehead atoms. The lowest BCUT2D eigenvalue weighted by atomic mass is 10.1. The van der Waals surface area contributed by atoms with E-state index in [9.17, 15) is 0 Å². The van der Waals surface area contributed by atoms with Crippen LogP contribution in [0.2, 0.25) is 0 Å². The highest BCUT2D eigenvalue weighted by atomic mass is 15.3. The molecular formula is C25H25N11. The first kappa shape index (κ1) is 21.9. The Kier molecular flexibility index (Phi) is 5.19. The van der Waals surface area contributed by atoms with Crippen LogP contribution in [0.1, 0.15) is 18.3 Å². The van der Waals surface area contributed by atoms with Crippen LogP contribution >= 0.6 is 0 Å². The van der Waals surface area contributed by atoms with E-state index in [-0.39, 0.29) is 6.04 Å². The number of likely N-dealkylation sites (tertiary alicyclic amines) is 1. The van der Waals surface area contributed by atoms with E-state index in [2.05, 4.69) is 36.6 Å². The molecule has 11 heteroatoms. The molecule has 6 heterocycles. The summed E-state index contributed by atoms with van der Waals surface area (Å²) in [7, 11) is 0. The van der Waals surface area contributed by atoms with Crippen LogP contribution in [0.5, 0.6) is 0 Å². The predicted octanol–water partition coefficient (Wildman–Crippen LogP) is 2.98. The lowest BCUT2D eigenvalue weighted by Gasteiger charge is -2.38. The first-order valence-corrected chi connectivity index (χ1v) is 11.6. The fourth-order valence-electron chi connectivity index (χ4n) is 4.32. The Bertz CT molecular complexity index is 1660. The standard InChI is InChI=1S/C25H25N11/c1-4-16(29-20(5-2)35-11-15(26)12-35)17-6-7-18-21(30-17)23(34-33-18)25-31-22-19(8-9-27-24(22)32-25)36-10-14(3)28-13-36/h4-10,13,15H,2,11-12,26H2,1,3H3,(H,33,34)(H,27,31,32)/b16-4-,29-20?. The maximum atomic E-state index is 5.94. The molecule has 11 nitrogen and oxygen atoms in total. The zero-order valence-corrected chi connectivity index (χ0v) is 20.0. The van der Waals surface area contributed by atoms with Crippen molar-refractivity contribution in [1.29, 1.82) is 0 Å². The summed E-state index contributed by atoms with van der Waals surface area (Å²) in [5.74, 6) is 1.36. The van der Waals surface area contributed by atoms with Gasteiger partial charge in [0.25, 0.3) is 0 Å². The Morgan fingerprint density at radius 3 is 2.81 bits per heavy atom. The molecule has 0 spiro atoms. The van der Waals surface area contributed by atoms with E-state index in [4.69, 9.17) is 20.7 Å². The van der Waals surface area contributed by atoms with Gasteiger partial charge in [-0.2, -0.15) is 5.10 Å². The van der Waals surface area contributed by atoms with Gasteiger partial charge >= 0.3 is 0 Å². The van der Waals surface area contributed by atoms with E-state index in [0.717, 1.165) is 52.7 Å². The van der Waals surface area contributed by atoms with E-state index >= 15 is 0 Å². The Morgan fingerprint density at radius 2 is 2.08 bits per heavy atom. The summed E-state index contributed by atoms with van der Waals surface area (Å²) in [4.78, 5) is 28.7. The SMILES string of the molecule is C=CC(=N/C(=C\C)c1ccc2[nH]nc(-c3nc4nccc(-n5cnc(C)c5)c4[nH]3)c2n1)N1CC(N)C1. The normalized spacial score (nSPS) is 15.1. The van der Waals surface area contributed by atoms with Crippen molar-refractivity contribution in [2.75, 3.05) is 13.1 Å². The van der Waals surface area contributed by atoms with Gasteiger partial charge in [0.15, 0.2) is 17.2 Å². The Morgan fingerprint density at radius 1 is 1.22 bits per heavy atom. The highest BCUT2D eigenvalue weighted by molar-refractivity contribution is 5.97. The lowest BCUT2D eigenvalue weighted by Crippen LogP contribution is -2.57. The summed E-state index contributed by atoms with van der Waals surface area (Å²) in [5.41, 5.74) is 12.7. The number of aromatic amines is 2. The molecule has 0 aromatic carbocycles. The molecule has 0 unspecified atom stereocenters. The number of H-pyrrole nitrogens is 2. The van der Waals surface area contributed by atoms with Crippen molar-refractivity contribution < 1.29 is 0 Å². The Hall–Kier alpha value is -4.64. The third-order valence-corrected chi connectivity index (χ3v) is 6.18. The van der Waals surface area contributed by atoms with E-state index < -0.39 is 0 Å². The number of amidine groups is 1. The predicted molar refractivity (Wildman–Crippen MR) is 139 cm³/mol. The number of hydrogen-bond acceptors (Lipinski definition) is 7. The summed E-state index contributed by atoms with van der Waals surface area (Å²) in [6.45, 7) is 9.33. The minimum atomic E-state index is 0.170. The lowest BCUT2D eigenvalue weighted by molar-refractivity contribution is 0.256. The minimum Gasteiger partial charge on any atom is -0.353 e. The van der Waals surface area contributed by atoms with Crippen molar-refractivity contribution in [2.24, 2.45) is 10.7 Å². The third-order valence-electron chi connectivity index (χ3n) is 6.18. The zero-order valence-electron chi connectivity index (χ0n) is 20.0. The van der Waals surface area contributed by atoms with Crippen molar-refractivity contribution in [3.05, 3.63) is 67.0 Å². The molecule has 1 aliphatic rings. The molecule has 180 valence electrons. The average molecular weight is 480 g/mol. The number of rotatable bonds is 5. The average Bonchev–Trinajstić information content (AvgIpc) is 3.60. The number of aliphatic imine (C=N–C) groups is 1. The third kappa shape index (κ3) is 3.66. The smallest absolute Gasteiger partial charge is 0.180 e. The molecule has 5 aromatic heterocycles. The second-order valence-corrected chi connectivity index (χ2v) is 8.71. The van der Waals surface area contributed by atoms with E-state index in [1.54, 1.807) is 18.6 Å². The largest absolute Gasteiger partial charge is 0.353 e. The number of allylic oxidation sites excluding steroid dienone is 1. The molecule has 0 radical (unpaired) electrons. The Balaban J connectivity index is 1.41. The monoisotopic (exact) mass is 479 g/mol. The molecule has 5 aromatic rings. The summed E-state index contributed by atoms with van der Waals surface area (Å²) in [5, 5.41) is 7.56. The second kappa shape index (κ2) is 8.54. The molecule has 0 atom stereocenters. The molecule has 4 N–H and O–H groups in total. The first-order chi connectivity index (χ1) is 17.5. The van der Waals surface area contributed by atoms with Crippen LogP contribution < -0.4 is 5.73 Å². The number of nitrogens with zero attached hydrogens (tertiary/aromatic N) is 8. The second-order valence-electron chi connectivity index (χ2n) is 8.71. The van der Waals surface area contributed by atoms with Crippen LogP contribution in [0.3, 0.4) is 0 Å². The molecule has 1 fully saturated rings. The fraction of sp³-hybridized carbons (Fsp3) is 0.200. The molecule has 1 aliphatic heterocycles. The van der Waals surface area contributed by atoms with Gasteiger partial charge in [-0.05, 0) is 38.1 Å². The van der Waals surface area contributed by atoms with Crippen molar-refractivity contribution in [3.63, 3.8) is 0 Å². The molecule has 0 saturated carbocycles. The summed E-state index contributed by atoms with van der Waals surface area (Å²) >= 11 is 0. The first-order valence-electron chi connectivity index (χ1n) is 11.6. The van der Waals surface area contributed by atoms with Crippen LogP contribution in [-0.4, -0.2) is 69.6 Å². The summed E-state index contributed by atoms with van der Waals surface area (Å²) in [6.07, 6.45) is 9.14. The highest BCUT2D eigenvalue weighted by Gasteiger charge is 2.25. The van der Waals surface area contributed by atoms with Gasteiger partial charge in [0.1, 0.15) is 16.9 Å². The van der Waals surface area contributed by atoms with Crippen LogP contribution in [0, 0.1) is 6.92 Å². The maximum absolute atomic E-state index is 5.94. The summed E-state index contributed by atoms with van der Waals surface area (Å²) < 4.78 is 1.94. The highest BCUT2D eigenvalue weighted by Crippen LogP contribution is 2.28. The molecule has 6 rings (SSSR count). The molecule has 0 aliphatic carbocycles. The molecule has 36 heavy (non-hydrogen) atoms. The van der Waals surface area contributed by atoms with Gasteiger partial charge in [0.2, 0.25) is 0 Å². The van der Waals surface area contributed by atoms with Crippen molar-refractivity contribution >= 4 is 33.7 Å². The van der Waals surface area contributed by atoms with Gasteiger partial charge in [-0.3, -0.25) is 5.10 Å². The van der Waals surface area contributed by atoms with Crippen molar-refractivity contribution in [3.8, 4) is 17.2 Å². The zero-order chi connectivity index (χ0) is 24.8. The van der Waals surface area contributed by atoms with Crippen LogP contribution in [0.4, 0.5) is 0 Å². The van der Waals surface area contributed by atoms with Gasteiger partial charge in [-0.1, -0.05) is 12.7 Å². The number of imidazole rings is 2. The quantitative estimate of drug-likeness (QED) is 0.260. The number of aromatic nitrogens is 8. The van der Waals surface area contributed by atoms with Gasteiger partial charge in [-0.25, -0.2) is 24.9 Å².